The smallest absolute Gasteiger partial charge is 0.335 e. The molecule has 1 heterocycles. The normalized spacial score (nSPS) is 10.6. The average molecular weight is 292 g/mol. The molecule has 0 aliphatic rings. The molecule has 110 valence electrons. The molecule has 4 nitrogen and oxygen atoms in total. The van der Waals surface area contributed by atoms with Crippen molar-refractivity contribution in [1.29, 1.82) is 0 Å². The van der Waals surface area contributed by atoms with Crippen molar-refractivity contribution in [1.82, 2.24) is 9.55 Å². The van der Waals surface area contributed by atoms with Crippen LogP contribution in [0.1, 0.15) is 15.9 Å². The molecule has 0 fully saturated rings. The Morgan fingerprint density at radius 3 is 2.32 bits per heavy atom. The molecule has 0 radical (unpaired) electrons. The van der Waals surface area contributed by atoms with Crippen molar-refractivity contribution in [3.05, 3.63) is 66.1 Å². The molecule has 0 aliphatic carbocycles. The number of carboxylic acid groups (broad SMARTS) is 1. The predicted molar refractivity (Wildman–Crippen MR) is 85.8 cm³/mol. The largest absolute Gasteiger partial charge is 0.478 e. The van der Waals surface area contributed by atoms with Gasteiger partial charge in [-0.25, -0.2) is 9.78 Å². The van der Waals surface area contributed by atoms with E-state index in [9.17, 15) is 4.79 Å². The molecule has 0 aliphatic heterocycles. The third-order valence-electron chi connectivity index (χ3n) is 3.78. The number of hydrogen-bond acceptors (Lipinski definition) is 2. The molecule has 22 heavy (non-hydrogen) atoms. The summed E-state index contributed by atoms with van der Waals surface area (Å²) in [5.41, 5.74) is 5.73. The van der Waals surface area contributed by atoms with Crippen LogP contribution in [0.4, 0.5) is 0 Å². The standard InChI is InChI=1S/C18H16N2O2/c1-12-9-15(17-10-19-11-20(17)2)7-8-16(12)13-3-5-14(6-4-13)18(21)22/h3-11H,1-2H3,(H,21,22). The molecular formula is C18H16N2O2. The van der Waals surface area contributed by atoms with E-state index >= 15 is 0 Å². The van der Waals surface area contributed by atoms with E-state index in [1.54, 1.807) is 18.5 Å². The summed E-state index contributed by atoms with van der Waals surface area (Å²) < 4.78 is 1.98. The van der Waals surface area contributed by atoms with Gasteiger partial charge in [0.15, 0.2) is 0 Å². The van der Waals surface area contributed by atoms with Gasteiger partial charge in [0.25, 0.3) is 0 Å². The van der Waals surface area contributed by atoms with Crippen molar-refractivity contribution in [2.75, 3.05) is 0 Å². The maximum atomic E-state index is 10.9. The molecule has 0 unspecified atom stereocenters. The van der Waals surface area contributed by atoms with Crippen LogP contribution in [0.5, 0.6) is 0 Å². The lowest BCUT2D eigenvalue weighted by atomic mass is 9.97. The van der Waals surface area contributed by atoms with Crippen LogP contribution in [-0.4, -0.2) is 20.6 Å². The fourth-order valence-corrected chi connectivity index (χ4v) is 2.57. The summed E-state index contributed by atoms with van der Waals surface area (Å²) in [6, 6.07) is 13.2. The van der Waals surface area contributed by atoms with Gasteiger partial charge in [-0.2, -0.15) is 0 Å². The molecule has 3 rings (SSSR count). The van der Waals surface area contributed by atoms with Gasteiger partial charge < -0.3 is 9.67 Å². The molecule has 1 aromatic heterocycles. The van der Waals surface area contributed by atoms with Crippen LogP contribution >= 0.6 is 0 Å². The molecule has 0 saturated heterocycles. The van der Waals surface area contributed by atoms with Crippen LogP contribution in [0.15, 0.2) is 55.0 Å². The van der Waals surface area contributed by atoms with Gasteiger partial charge in [0.1, 0.15) is 0 Å². The molecule has 2 aromatic carbocycles. The number of carbonyl (C=O) groups is 1. The zero-order valence-corrected chi connectivity index (χ0v) is 12.4. The minimum Gasteiger partial charge on any atom is -0.478 e. The van der Waals surface area contributed by atoms with Gasteiger partial charge in [-0.1, -0.05) is 24.3 Å². The maximum absolute atomic E-state index is 10.9. The first-order valence-corrected chi connectivity index (χ1v) is 6.97. The summed E-state index contributed by atoms with van der Waals surface area (Å²) in [7, 11) is 1.97. The third kappa shape index (κ3) is 2.51. The number of aryl methyl sites for hydroxylation is 2. The molecular weight excluding hydrogens is 276 g/mol. The summed E-state index contributed by atoms with van der Waals surface area (Å²) in [6.07, 6.45) is 3.62. The lowest BCUT2D eigenvalue weighted by Crippen LogP contribution is -1.95. The Balaban J connectivity index is 1.99. The van der Waals surface area contributed by atoms with Gasteiger partial charge >= 0.3 is 5.97 Å². The monoisotopic (exact) mass is 292 g/mol. The highest BCUT2D eigenvalue weighted by atomic mass is 16.4. The van der Waals surface area contributed by atoms with Crippen molar-refractivity contribution >= 4 is 5.97 Å². The minimum atomic E-state index is -0.908. The van der Waals surface area contributed by atoms with Gasteiger partial charge in [-0.15, -0.1) is 0 Å². The second-order valence-electron chi connectivity index (χ2n) is 5.30. The molecule has 0 bridgehead atoms. The Morgan fingerprint density at radius 2 is 1.77 bits per heavy atom. The SMILES string of the molecule is Cc1cc(-c2cncn2C)ccc1-c1ccc(C(=O)O)cc1. The van der Waals surface area contributed by atoms with Gasteiger partial charge in [0.05, 0.1) is 23.8 Å². The fraction of sp³-hybridized carbons (Fsp3) is 0.111. The molecule has 4 heteroatoms. The number of rotatable bonds is 3. The van der Waals surface area contributed by atoms with Gasteiger partial charge in [-0.3, -0.25) is 0 Å². The maximum Gasteiger partial charge on any atom is 0.335 e. The van der Waals surface area contributed by atoms with Crippen molar-refractivity contribution in [3.8, 4) is 22.4 Å². The van der Waals surface area contributed by atoms with Gasteiger partial charge in [0.2, 0.25) is 0 Å². The van der Waals surface area contributed by atoms with E-state index in [4.69, 9.17) is 5.11 Å². The lowest BCUT2D eigenvalue weighted by molar-refractivity contribution is 0.0697. The lowest BCUT2D eigenvalue weighted by Gasteiger charge is -2.10. The molecule has 0 atom stereocenters. The second-order valence-corrected chi connectivity index (χ2v) is 5.30. The van der Waals surface area contributed by atoms with Crippen LogP contribution < -0.4 is 0 Å². The highest BCUT2D eigenvalue weighted by Gasteiger charge is 2.08. The van der Waals surface area contributed by atoms with E-state index < -0.39 is 5.97 Å². The van der Waals surface area contributed by atoms with E-state index in [0.717, 1.165) is 27.9 Å². The van der Waals surface area contributed by atoms with Crippen molar-refractivity contribution in [2.45, 2.75) is 6.92 Å². The first-order chi connectivity index (χ1) is 10.6. The Labute approximate surface area is 128 Å². The van der Waals surface area contributed by atoms with Crippen molar-refractivity contribution in [2.24, 2.45) is 7.05 Å². The van der Waals surface area contributed by atoms with E-state index in [1.165, 1.54) is 0 Å². The summed E-state index contributed by atoms with van der Waals surface area (Å²) in [5.74, 6) is -0.908. The third-order valence-corrected chi connectivity index (χ3v) is 3.78. The summed E-state index contributed by atoms with van der Waals surface area (Å²) in [5, 5.41) is 8.96. The summed E-state index contributed by atoms with van der Waals surface area (Å²) in [6.45, 7) is 2.06. The fourth-order valence-electron chi connectivity index (χ4n) is 2.57. The van der Waals surface area contributed by atoms with E-state index in [1.807, 2.05) is 29.9 Å². The zero-order chi connectivity index (χ0) is 15.7. The molecule has 1 N–H and O–H groups in total. The first kappa shape index (κ1) is 14.1. The Bertz CT molecular complexity index is 833. The minimum absolute atomic E-state index is 0.299. The van der Waals surface area contributed by atoms with E-state index in [2.05, 4.69) is 30.1 Å². The summed E-state index contributed by atoms with van der Waals surface area (Å²) >= 11 is 0. The van der Waals surface area contributed by atoms with E-state index in [-0.39, 0.29) is 0 Å². The van der Waals surface area contributed by atoms with Crippen LogP contribution in [0, 0.1) is 6.92 Å². The van der Waals surface area contributed by atoms with E-state index in [0.29, 0.717) is 5.56 Å². The number of carboxylic acids is 1. The molecule has 0 amide bonds. The Morgan fingerprint density at radius 1 is 1.09 bits per heavy atom. The van der Waals surface area contributed by atoms with Crippen LogP contribution in [0.3, 0.4) is 0 Å². The van der Waals surface area contributed by atoms with Crippen LogP contribution in [0.25, 0.3) is 22.4 Å². The van der Waals surface area contributed by atoms with Gasteiger partial charge in [0, 0.05) is 12.6 Å². The first-order valence-electron chi connectivity index (χ1n) is 6.97. The molecule has 0 saturated carbocycles. The van der Waals surface area contributed by atoms with Crippen LogP contribution in [-0.2, 0) is 7.05 Å². The zero-order valence-electron chi connectivity index (χ0n) is 12.4. The number of nitrogens with zero attached hydrogens (tertiary/aromatic N) is 2. The Hall–Kier alpha value is -2.88. The quantitative estimate of drug-likeness (QED) is 0.799. The Kier molecular flexibility index (Phi) is 3.51. The number of aromatic carboxylic acids is 1. The highest BCUT2D eigenvalue weighted by molar-refractivity contribution is 5.88. The van der Waals surface area contributed by atoms with Crippen molar-refractivity contribution < 1.29 is 9.90 Å². The van der Waals surface area contributed by atoms with Crippen LogP contribution in [0.2, 0.25) is 0 Å². The number of imidazole rings is 1. The predicted octanol–water partition coefficient (Wildman–Crippen LogP) is 3.76. The second kappa shape index (κ2) is 5.48. The summed E-state index contributed by atoms with van der Waals surface area (Å²) in [4.78, 5) is 15.1. The van der Waals surface area contributed by atoms with Crippen molar-refractivity contribution in [3.63, 3.8) is 0 Å². The highest BCUT2D eigenvalue weighted by Crippen LogP contribution is 2.28. The topological polar surface area (TPSA) is 55.1 Å². The number of benzene rings is 2. The average Bonchev–Trinajstić information content (AvgIpc) is 2.93. The number of aromatic nitrogens is 2. The molecule has 3 aromatic rings. The van der Waals surface area contributed by atoms with Gasteiger partial charge in [-0.05, 0) is 41.8 Å². The number of hydrogen-bond donors (Lipinski definition) is 1. The molecule has 0 spiro atoms.